The second-order valence-corrected chi connectivity index (χ2v) is 6.79. The Labute approximate surface area is 171 Å². The summed E-state index contributed by atoms with van der Waals surface area (Å²) >= 11 is 0. The molecule has 0 aromatic heterocycles. The Morgan fingerprint density at radius 2 is 1.66 bits per heavy atom. The molecule has 0 aliphatic carbocycles. The molecule has 3 rings (SSSR count). The first-order valence-corrected chi connectivity index (χ1v) is 9.48. The van der Waals surface area contributed by atoms with Crippen LogP contribution in [0.3, 0.4) is 0 Å². The van der Waals surface area contributed by atoms with Gasteiger partial charge in [-0.3, -0.25) is 4.79 Å². The molecule has 0 heterocycles. The van der Waals surface area contributed by atoms with Crippen molar-refractivity contribution in [3.8, 4) is 17.2 Å². The van der Waals surface area contributed by atoms with E-state index < -0.39 is 0 Å². The van der Waals surface area contributed by atoms with Gasteiger partial charge in [-0.15, -0.1) is 0 Å². The Bertz CT molecular complexity index is 951. The second kappa shape index (κ2) is 10.1. The number of hydrogen-bond acceptors (Lipinski definition) is 4. The van der Waals surface area contributed by atoms with Gasteiger partial charge in [-0.1, -0.05) is 56.3 Å². The molecule has 0 bridgehead atoms. The van der Waals surface area contributed by atoms with Gasteiger partial charge in [-0.25, -0.2) is 5.43 Å². The van der Waals surface area contributed by atoms with E-state index in [-0.39, 0.29) is 12.5 Å². The lowest BCUT2D eigenvalue weighted by Crippen LogP contribution is -2.24. The third-order valence-electron chi connectivity index (χ3n) is 4.16. The molecule has 5 heteroatoms. The SMILES string of the molecule is CC(C)c1ccc(OCC(=O)NN=Cc2cccc(Oc3ccccc3)c2)cc1. The quantitative estimate of drug-likeness (QED) is 0.430. The number of rotatable bonds is 8. The smallest absolute Gasteiger partial charge is 0.277 e. The van der Waals surface area contributed by atoms with E-state index >= 15 is 0 Å². The third kappa shape index (κ3) is 6.50. The van der Waals surface area contributed by atoms with Crippen LogP contribution in [-0.2, 0) is 4.79 Å². The van der Waals surface area contributed by atoms with Gasteiger partial charge in [0.15, 0.2) is 6.61 Å². The lowest BCUT2D eigenvalue weighted by atomic mass is 10.0. The number of nitrogens with zero attached hydrogens (tertiary/aromatic N) is 1. The lowest BCUT2D eigenvalue weighted by molar-refractivity contribution is -0.123. The summed E-state index contributed by atoms with van der Waals surface area (Å²) in [5, 5.41) is 3.98. The Balaban J connectivity index is 1.47. The number of ether oxygens (including phenoxy) is 2. The highest BCUT2D eigenvalue weighted by Gasteiger charge is 2.03. The summed E-state index contributed by atoms with van der Waals surface area (Å²) in [4.78, 5) is 11.9. The van der Waals surface area contributed by atoms with E-state index in [1.54, 1.807) is 6.21 Å². The number of nitrogens with one attached hydrogen (secondary N) is 1. The van der Waals surface area contributed by atoms with Crippen molar-refractivity contribution in [2.75, 3.05) is 6.61 Å². The topological polar surface area (TPSA) is 59.9 Å². The van der Waals surface area contributed by atoms with Crippen LogP contribution in [0.4, 0.5) is 0 Å². The van der Waals surface area contributed by atoms with Gasteiger partial charge in [-0.05, 0) is 53.4 Å². The molecule has 0 radical (unpaired) electrons. The average Bonchev–Trinajstić information content (AvgIpc) is 2.73. The summed E-state index contributed by atoms with van der Waals surface area (Å²) in [6, 6.07) is 24.7. The number of carbonyl (C=O) groups excluding carboxylic acids is 1. The monoisotopic (exact) mass is 388 g/mol. The average molecular weight is 388 g/mol. The number of amides is 1. The number of carbonyl (C=O) groups is 1. The highest BCUT2D eigenvalue weighted by Crippen LogP contribution is 2.21. The number of para-hydroxylation sites is 1. The minimum atomic E-state index is -0.328. The largest absolute Gasteiger partial charge is 0.484 e. The van der Waals surface area contributed by atoms with Crippen molar-refractivity contribution in [3.05, 3.63) is 90.0 Å². The summed E-state index contributed by atoms with van der Waals surface area (Å²) in [5.41, 5.74) is 4.50. The molecule has 0 aliphatic heterocycles. The Morgan fingerprint density at radius 1 is 0.931 bits per heavy atom. The van der Waals surface area contributed by atoms with E-state index in [1.807, 2.05) is 78.9 Å². The van der Waals surface area contributed by atoms with Crippen LogP contribution in [-0.4, -0.2) is 18.7 Å². The Kier molecular flexibility index (Phi) is 7.00. The molecule has 5 nitrogen and oxygen atoms in total. The van der Waals surface area contributed by atoms with Gasteiger partial charge in [0.2, 0.25) is 0 Å². The Hall–Kier alpha value is -3.60. The molecule has 148 valence electrons. The van der Waals surface area contributed by atoms with E-state index in [0.717, 1.165) is 11.3 Å². The molecule has 0 saturated heterocycles. The minimum Gasteiger partial charge on any atom is -0.484 e. The van der Waals surface area contributed by atoms with Crippen LogP contribution in [0.25, 0.3) is 0 Å². The van der Waals surface area contributed by atoms with E-state index in [1.165, 1.54) is 5.56 Å². The predicted molar refractivity (Wildman–Crippen MR) is 115 cm³/mol. The van der Waals surface area contributed by atoms with Crippen molar-refractivity contribution in [2.24, 2.45) is 5.10 Å². The number of hydrazone groups is 1. The molecule has 1 N–H and O–H groups in total. The molecule has 0 aliphatic rings. The fourth-order valence-corrected chi connectivity index (χ4v) is 2.59. The molecule has 3 aromatic rings. The summed E-state index contributed by atoms with van der Waals surface area (Å²) in [6.45, 7) is 4.16. The third-order valence-corrected chi connectivity index (χ3v) is 4.16. The fourth-order valence-electron chi connectivity index (χ4n) is 2.59. The summed E-state index contributed by atoms with van der Waals surface area (Å²) in [7, 11) is 0. The molecule has 0 unspecified atom stereocenters. The van der Waals surface area contributed by atoms with Gasteiger partial charge in [0.1, 0.15) is 17.2 Å². The van der Waals surface area contributed by atoms with Gasteiger partial charge in [0.05, 0.1) is 6.21 Å². The normalized spacial score (nSPS) is 10.9. The van der Waals surface area contributed by atoms with E-state index in [2.05, 4.69) is 24.4 Å². The van der Waals surface area contributed by atoms with Gasteiger partial charge >= 0.3 is 0 Å². The van der Waals surface area contributed by atoms with Crippen molar-refractivity contribution in [3.63, 3.8) is 0 Å². The van der Waals surface area contributed by atoms with Crippen LogP contribution in [0.2, 0.25) is 0 Å². The predicted octanol–water partition coefficient (Wildman–Crippen LogP) is 5.13. The molecule has 0 atom stereocenters. The van der Waals surface area contributed by atoms with Gasteiger partial charge in [-0.2, -0.15) is 5.10 Å². The summed E-state index contributed by atoms with van der Waals surface area (Å²) in [6.07, 6.45) is 1.56. The van der Waals surface area contributed by atoms with E-state index in [9.17, 15) is 4.79 Å². The maximum Gasteiger partial charge on any atom is 0.277 e. The highest BCUT2D eigenvalue weighted by atomic mass is 16.5. The van der Waals surface area contributed by atoms with Crippen molar-refractivity contribution >= 4 is 12.1 Å². The van der Waals surface area contributed by atoms with Crippen LogP contribution >= 0.6 is 0 Å². The van der Waals surface area contributed by atoms with Crippen LogP contribution in [0, 0.1) is 0 Å². The van der Waals surface area contributed by atoms with Crippen LogP contribution in [0.1, 0.15) is 30.9 Å². The maximum absolute atomic E-state index is 11.9. The van der Waals surface area contributed by atoms with Gasteiger partial charge < -0.3 is 9.47 Å². The molecule has 29 heavy (non-hydrogen) atoms. The highest BCUT2D eigenvalue weighted by molar-refractivity contribution is 5.83. The number of benzene rings is 3. The second-order valence-electron chi connectivity index (χ2n) is 6.79. The van der Waals surface area contributed by atoms with Gasteiger partial charge in [0.25, 0.3) is 5.91 Å². The maximum atomic E-state index is 11.9. The van der Waals surface area contributed by atoms with Crippen LogP contribution in [0.5, 0.6) is 17.2 Å². The molecular weight excluding hydrogens is 364 g/mol. The van der Waals surface area contributed by atoms with Crippen molar-refractivity contribution in [1.29, 1.82) is 0 Å². The van der Waals surface area contributed by atoms with Gasteiger partial charge in [0, 0.05) is 0 Å². The first kappa shape index (κ1) is 20.1. The van der Waals surface area contributed by atoms with Crippen molar-refractivity contribution in [1.82, 2.24) is 5.43 Å². The van der Waals surface area contributed by atoms with E-state index in [0.29, 0.717) is 17.4 Å². The molecule has 3 aromatic carbocycles. The van der Waals surface area contributed by atoms with Crippen LogP contribution in [0.15, 0.2) is 84.0 Å². The zero-order valence-corrected chi connectivity index (χ0v) is 16.5. The summed E-state index contributed by atoms with van der Waals surface area (Å²) < 4.78 is 11.3. The molecule has 1 amide bonds. The number of hydrogen-bond donors (Lipinski definition) is 1. The molecule has 0 spiro atoms. The zero-order valence-electron chi connectivity index (χ0n) is 16.5. The van der Waals surface area contributed by atoms with Crippen molar-refractivity contribution < 1.29 is 14.3 Å². The lowest BCUT2D eigenvalue weighted by Gasteiger charge is -2.08. The minimum absolute atomic E-state index is 0.102. The fraction of sp³-hybridized carbons (Fsp3) is 0.167. The zero-order chi connectivity index (χ0) is 20.5. The molecule has 0 saturated carbocycles. The van der Waals surface area contributed by atoms with Crippen molar-refractivity contribution in [2.45, 2.75) is 19.8 Å². The van der Waals surface area contributed by atoms with Crippen LogP contribution < -0.4 is 14.9 Å². The standard InChI is InChI=1S/C24H24N2O3/c1-18(2)20-11-13-21(14-12-20)28-17-24(27)26-25-16-19-7-6-10-23(15-19)29-22-8-4-3-5-9-22/h3-16,18H,17H2,1-2H3,(H,26,27). The molecular formula is C24H24N2O3. The molecule has 0 fully saturated rings. The summed E-state index contributed by atoms with van der Waals surface area (Å²) in [5.74, 6) is 2.23. The van der Waals surface area contributed by atoms with E-state index in [4.69, 9.17) is 9.47 Å². The first-order chi connectivity index (χ1) is 14.1. The first-order valence-electron chi connectivity index (χ1n) is 9.48. The Morgan fingerprint density at radius 3 is 2.38 bits per heavy atom.